The molecule has 2 aromatic rings. The van der Waals surface area contributed by atoms with Crippen LogP contribution in [0.5, 0.6) is 0 Å². The van der Waals surface area contributed by atoms with Crippen molar-refractivity contribution in [1.29, 1.82) is 0 Å². The number of rotatable bonds is 5. The first kappa shape index (κ1) is 19.6. The second-order valence-corrected chi connectivity index (χ2v) is 6.34. The van der Waals surface area contributed by atoms with Crippen LogP contribution in [0, 0.1) is 0 Å². The number of nitrogens with one attached hydrogen (secondary N) is 2. The van der Waals surface area contributed by atoms with Crippen LogP contribution in [-0.4, -0.2) is 17.3 Å². The van der Waals surface area contributed by atoms with Crippen molar-refractivity contribution in [2.45, 2.75) is 17.3 Å². The van der Waals surface area contributed by atoms with Gasteiger partial charge in [-0.25, -0.2) is 0 Å². The van der Waals surface area contributed by atoms with Gasteiger partial charge in [-0.3, -0.25) is 9.59 Å². The van der Waals surface area contributed by atoms with Gasteiger partial charge in [-0.15, -0.1) is 0 Å². The number of benzene rings is 2. The Kier molecular flexibility index (Phi) is 6.46. The molecule has 0 heterocycles. The van der Waals surface area contributed by atoms with Gasteiger partial charge in [-0.1, -0.05) is 12.1 Å². The molecule has 0 unspecified atom stereocenters. The van der Waals surface area contributed by atoms with Gasteiger partial charge < -0.3 is 10.6 Å². The second kappa shape index (κ2) is 8.57. The van der Waals surface area contributed by atoms with Gasteiger partial charge >= 0.3 is 5.51 Å². The lowest BCUT2D eigenvalue weighted by molar-refractivity contribution is -0.114. The highest BCUT2D eigenvalue weighted by Crippen LogP contribution is 2.36. The number of halogens is 3. The van der Waals surface area contributed by atoms with Crippen LogP contribution in [0.4, 0.5) is 24.5 Å². The largest absolute Gasteiger partial charge is 0.446 e. The number of thioether (sulfide) groups is 1. The maximum atomic E-state index is 12.3. The minimum absolute atomic E-state index is 0.0818. The molecule has 136 valence electrons. The summed E-state index contributed by atoms with van der Waals surface area (Å²) in [6.07, 6.45) is 2.79. The van der Waals surface area contributed by atoms with E-state index in [1.54, 1.807) is 24.3 Å². The average Bonchev–Trinajstić information content (AvgIpc) is 2.54. The third-order valence-electron chi connectivity index (χ3n) is 3.01. The number of hydrogen-bond donors (Lipinski definition) is 2. The lowest BCUT2D eigenvalue weighted by Crippen LogP contribution is -2.08. The molecule has 8 heteroatoms. The summed E-state index contributed by atoms with van der Waals surface area (Å²) in [6, 6.07) is 12.3. The molecular weight excluding hydrogens is 365 g/mol. The number of carbonyl (C=O) groups excluding carboxylic acids is 2. The third-order valence-corrected chi connectivity index (χ3v) is 3.75. The highest BCUT2D eigenvalue weighted by Gasteiger charge is 2.28. The van der Waals surface area contributed by atoms with E-state index in [0.29, 0.717) is 16.9 Å². The fraction of sp³-hybridized carbons (Fsp3) is 0.111. The predicted molar refractivity (Wildman–Crippen MR) is 96.8 cm³/mol. The Labute approximate surface area is 152 Å². The van der Waals surface area contributed by atoms with Gasteiger partial charge in [0.1, 0.15) is 0 Å². The molecule has 4 nitrogen and oxygen atoms in total. The Morgan fingerprint density at radius 2 is 1.46 bits per heavy atom. The Morgan fingerprint density at radius 1 is 0.923 bits per heavy atom. The van der Waals surface area contributed by atoms with Gasteiger partial charge in [0.2, 0.25) is 11.8 Å². The van der Waals surface area contributed by atoms with E-state index in [1.165, 1.54) is 43.3 Å². The summed E-state index contributed by atoms with van der Waals surface area (Å²) in [5.74, 6) is -0.574. The summed E-state index contributed by atoms with van der Waals surface area (Å²) in [5, 5.41) is 5.26. The molecule has 2 aromatic carbocycles. The van der Waals surface area contributed by atoms with E-state index < -0.39 is 5.51 Å². The topological polar surface area (TPSA) is 58.2 Å². The van der Waals surface area contributed by atoms with Gasteiger partial charge in [0.05, 0.1) is 0 Å². The molecule has 0 bridgehead atoms. The maximum Gasteiger partial charge on any atom is 0.446 e. The molecule has 0 radical (unpaired) electrons. The van der Waals surface area contributed by atoms with Gasteiger partial charge in [0.15, 0.2) is 0 Å². The quantitative estimate of drug-likeness (QED) is 0.572. The zero-order valence-electron chi connectivity index (χ0n) is 13.6. The maximum absolute atomic E-state index is 12.3. The molecule has 0 spiro atoms. The van der Waals surface area contributed by atoms with Gasteiger partial charge in [-0.05, 0) is 59.8 Å². The average molecular weight is 380 g/mol. The van der Waals surface area contributed by atoms with Gasteiger partial charge in [-0.2, -0.15) is 13.2 Å². The Balaban J connectivity index is 1.91. The summed E-state index contributed by atoms with van der Waals surface area (Å²) >= 11 is -0.189. The number of anilines is 2. The summed E-state index contributed by atoms with van der Waals surface area (Å²) < 4.78 is 36.8. The van der Waals surface area contributed by atoms with E-state index in [1.807, 2.05) is 0 Å². The smallest absolute Gasteiger partial charge is 0.326 e. The normalized spacial score (nSPS) is 11.4. The van der Waals surface area contributed by atoms with Crippen LogP contribution in [0.15, 0.2) is 59.5 Å². The molecule has 2 rings (SSSR count). The lowest BCUT2D eigenvalue weighted by Gasteiger charge is -2.06. The van der Waals surface area contributed by atoms with Crippen molar-refractivity contribution in [3.8, 4) is 0 Å². The van der Waals surface area contributed by atoms with Crippen LogP contribution in [0.3, 0.4) is 0 Å². The van der Waals surface area contributed by atoms with Crippen LogP contribution in [0.25, 0.3) is 6.08 Å². The SMILES string of the molecule is CC(=O)Nc1ccc(NC(=O)/C=C/c2ccc(SC(F)(F)F)cc2)cc1. The van der Waals surface area contributed by atoms with Gasteiger partial charge in [0.25, 0.3) is 0 Å². The van der Waals surface area contributed by atoms with Crippen molar-refractivity contribution in [2.75, 3.05) is 10.6 Å². The number of hydrogen-bond acceptors (Lipinski definition) is 3. The van der Waals surface area contributed by atoms with Crippen LogP contribution in [-0.2, 0) is 9.59 Å². The molecule has 2 N–H and O–H groups in total. The van der Waals surface area contributed by atoms with E-state index in [0.717, 1.165) is 0 Å². The molecule has 0 aliphatic heterocycles. The summed E-state index contributed by atoms with van der Waals surface area (Å²) in [5.41, 5.74) is -2.56. The minimum atomic E-state index is -4.33. The van der Waals surface area contributed by atoms with Crippen molar-refractivity contribution in [2.24, 2.45) is 0 Å². The van der Waals surface area contributed by atoms with Crippen LogP contribution in [0.2, 0.25) is 0 Å². The predicted octanol–water partition coefficient (Wildman–Crippen LogP) is 4.91. The van der Waals surface area contributed by atoms with E-state index in [2.05, 4.69) is 10.6 Å². The molecular formula is C18H15F3N2O2S. The fourth-order valence-corrected chi connectivity index (χ4v) is 2.52. The second-order valence-electron chi connectivity index (χ2n) is 5.20. The molecule has 0 fully saturated rings. The van der Waals surface area contributed by atoms with Crippen LogP contribution >= 0.6 is 11.8 Å². The minimum Gasteiger partial charge on any atom is -0.326 e. The van der Waals surface area contributed by atoms with Crippen molar-refractivity contribution in [3.63, 3.8) is 0 Å². The summed E-state index contributed by atoms with van der Waals surface area (Å²) in [6.45, 7) is 1.40. The van der Waals surface area contributed by atoms with Crippen molar-refractivity contribution in [3.05, 3.63) is 60.2 Å². The Morgan fingerprint density at radius 3 is 1.96 bits per heavy atom. The van der Waals surface area contributed by atoms with E-state index in [-0.39, 0.29) is 28.5 Å². The summed E-state index contributed by atoms with van der Waals surface area (Å²) in [4.78, 5) is 22.9. The lowest BCUT2D eigenvalue weighted by atomic mass is 10.2. The van der Waals surface area contributed by atoms with Crippen LogP contribution < -0.4 is 10.6 Å². The highest BCUT2D eigenvalue weighted by molar-refractivity contribution is 8.00. The third kappa shape index (κ3) is 7.02. The van der Waals surface area contributed by atoms with E-state index >= 15 is 0 Å². The first-order chi connectivity index (χ1) is 12.2. The highest BCUT2D eigenvalue weighted by atomic mass is 32.2. The number of carbonyl (C=O) groups is 2. The molecule has 2 amide bonds. The van der Waals surface area contributed by atoms with E-state index in [4.69, 9.17) is 0 Å². The van der Waals surface area contributed by atoms with Crippen LogP contribution in [0.1, 0.15) is 12.5 Å². The zero-order valence-corrected chi connectivity index (χ0v) is 14.4. The molecule has 0 aliphatic carbocycles. The van der Waals surface area contributed by atoms with Crippen molar-refractivity contribution < 1.29 is 22.8 Å². The first-order valence-corrected chi connectivity index (χ1v) is 8.25. The fourth-order valence-electron chi connectivity index (χ4n) is 1.98. The zero-order chi connectivity index (χ0) is 19.2. The standard InChI is InChI=1S/C18H15F3N2O2S/c1-12(24)22-14-5-7-15(8-6-14)23-17(25)11-4-13-2-9-16(10-3-13)26-18(19,20)21/h2-11H,1H3,(H,22,24)(H,23,25)/b11-4+. The molecule has 0 saturated carbocycles. The van der Waals surface area contributed by atoms with Crippen molar-refractivity contribution in [1.82, 2.24) is 0 Å². The monoisotopic (exact) mass is 380 g/mol. The molecule has 0 atom stereocenters. The summed E-state index contributed by atoms with van der Waals surface area (Å²) in [7, 11) is 0. The molecule has 0 aromatic heterocycles. The van der Waals surface area contributed by atoms with E-state index in [9.17, 15) is 22.8 Å². The molecule has 26 heavy (non-hydrogen) atoms. The number of alkyl halides is 3. The number of amides is 2. The molecule has 0 saturated heterocycles. The van der Waals surface area contributed by atoms with Crippen molar-refractivity contribution >= 4 is 41.0 Å². The molecule has 0 aliphatic rings. The first-order valence-electron chi connectivity index (χ1n) is 7.44. The Hall–Kier alpha value is -2.74. The van der Waals surface area contributed by atoms with Gasteiger partial charge in [0, 0.05) is 29.3 Å². The Bertz CT molecular complexity index is 801.